The van der Waals surface area contributed by atoms with Gasteiger partial charge in [-0.05, 0) is 12.8 Å². The second-order valence-electron chi connectivity index (χ2n) is 3.54. The Kier molecular flexibility index (Phi) is 5.39. The first kappa shape index (κ1) is 12.2. The first-order valence-electron chi connectivity index (χ1n) is 4.50. The van der Waals surface area contributed by atoms with Gasteiger partial charge in [-0.3, -0.25) is 4.79 Å². The largest absolute Gasteiger partial charge is 0.469 e. The summed E-state index contributed by atoms with van der Waals surface area (Å²) in [4.78, 5) is 11.3. The first-order valence-corrected chi connectivity index (χ1v) is 4.50. The van der Waals surface area contributed by atoms with Gasteiger partial charge >= 0.3 is 5.97 Å². The number of hydrogen-bond donors (Lipinski definition) is 1. The molecular weight excluding hydrogens is 166 g/mol. The van der Waals surface area contributed by atoms with E-state index in [1.165, 1.54) is 7.11 Å². The number of nitrogens with two attached hydrogens (primary N) is 1. The van der Waals surface area contributed by atoms with Crippen LogP contribution in [0.5, 0.6) is 0 Å². The van der Waals surface area contributed by atoms with Crippen LogP contribution in [0.25, 0.3) is 0 Å². The van der Waals surface area contributed by atoms with E-state index in [1.54, 1.807) is 0 Å². The van der Waals surface area contributed by atoms with Crippen LogP contribution in [0.4, 0.5) is 0 Å². The molecule has 13 heavy (non-hydrogen) atoms. The maximum Gasteiger partial charge on any atom is 0.312 e. The third-order valence-electron chi connectivity index (χ3n) is 1.81. The minimum absolute atomic E-state index is 0.0223. The Morgan fingerprint density at radius 1 is 1.31 bits per heavy atom. The van der Waals surface area contributed by atoms with Gasteiger partial charge in [0.25, 0.3) is 0 Å². The fraction of sp³-hybridized carbons (Fsp3) is 0.700. The Bertz CT molecular complexity index is 185. The van der Waals surface area contributed by atoms with Crippen molar-refractivity contribution in [2.24, 2.45) is 17.6 Å². The molecule has 0 aliphatic heterocycles. The van der Waals surface area contributed by atoms with Crippen LogP contribution >= 0.6 is 0 Å². The van der Waals surface area contributed by atoms with Gasteiger partial charge in [0.1, 0.15) is 0 Å². The first-order chi connectivity index (χ1) is 5.99. The lowest BCUT2D eigenvalue weighted by Gasteiger charge is -2.14. The molecule has 2 atom stereocenters. The number of esters is 1. The van der Waals surface area contributed by atoms with E-state index >= 15 is 0 Å². The second kappa shape index (κ2) is 5.75. The summed E-state index contributed by atoms with van der Waals surface area (Å²) in [5, 5.41) is 0. The molecule has 3 nitrogen and oxygen atoms in total. The molecule has 0 amide bonds. The van der Waals surface area contributed by atoms with Crippen molar-refractivity contribution in [1.29, 1.82) is 0 Å². The van der Waals surface area contributed by atoms with Gasteiger partial charge in [-0.15, -0.1) is 0 Å². The molecule has 3 heteroatoms. The summed E-state index contributed by atoms with van der Waals surface area (Å²) in [7, 11) is 1.40. The van der Waals surface area contributed by atoms with Gasteiger partial charge in [-0.1, -0.05) is 26.0 Å². The van der Waals surface area contributed by atoms with E-state index in [0.29, 0.717) is 0 Å². The molecule has 2 N–H and O–H groups in total. The zero-order valence-electron chi connectivity index (χ0n) is 8.78. The Balaban J connectivity index is 4.35. The van der Waals surface area contributed by atoms with E-state index in [-0.39, 0.29) is 23.8 Å². The van der Waals surface area contributed by atoms with Crippen molar-refractivity contribution in [2.75, 3.05) is 7.11 Å². The predicted molar refractivity (Wildman–Crippen MR) is 53.1 cm³/mol. The number of rotatable bonds is 4. The van der Waals surface area contributed by atoms with E-state index in [4.69, 9.17) is 5.73 Å². The summed E-state index contributed by atoms with van der Waals surface area (Å²) in [6, 6.07) is -0.0223. The standard InChI is InChI=1S/C10H19NO2/c1-7(2)9(10(12)13-4)6-5-8(3)11/h5-9H,11H2,1-4H3/b6-5+/t8-,9-/m0/s1. The molecule has 0 saturated heterocycles. The van der Waals surface area contributed by atoms with E-state index in [1.807, 2.05) is 32.9 Å². The number of carbonyl (C=O) groups is 1. The maximum atomic E-state index is 11.3. The molecule has 0 rings (SSSR count). The molecular formula is C10H19NO2. The second-order valence-corrected chi connectivity index (χ2v) is 3.54. The van der Waals surface area contributed by atoms with Crippen LogP contribution in [0.2, 0.25) is 0 Å². The highest BCUT2D eigenvalue weighted by Crippen LogP contribution is 2.14. The minimum atomic E-state index is -0.202. The molecule has 0 aliphatic carbocycles. The summed E-state index contributed by atoms with van der Waals surface area (Å²) >= 11 is 0. The summed E-state index contributed by atoms with van der Waals surface area (Å²) < 4.78 is 4.67. The van der Waals surface area contributed by atoms with Crippen LogP contribution in [0.3, 0.4) is 0 Å². The van der Waals surface area contributed by atoms with E-state index in [9.17, 15) is 4.79 Å². The fourth-order valence-corrected chi connectivity index (χ4v) is 1.00. The molecule has 0 aromatic carbocycles. The number of methoxy groups -OCH3 is 1. The van der Waals surface area contributed by atoms with E-state index < -0.39 is 0 Å². The molecule has 0 aliphatic rings. The van der Waals surface area contributed by atoms with Gasteiger partial charge in [0, 0.05) is 6.04 Å². The van der Waals surface area contributed by atoms with Gasteiger partial charge in [0.15, 0.2) is 0 Å². The summed E-state index contributed by atoms with van der Waals surface area (Å²) in [5.41, 5.74) is 5.54. The van der Waals surface area contributed by atoms with Crippen LogP contribution in [0, 0.1) is 11.8 Å². The van der Waals surface area contributed by atoms with Crippen LogP contribution in [-0.4, -0.2) is 19.1 Å². The topological polar surface area (TPSA) is 52.3 Å². The Hall–Kier alpha value is -0.830. The molecule has 0 unspecified atom stereocenters. The third kappa shape index (κ3) is 4.68. The molecule has 0 fully saturated rings. The predicted octanol–water partition coefficient (Wildman–Crippen LogP) is 1.33. The molecule has 0 heterocycles. The van der Waals surface area contributed by atoms with Crippen molar-refractivity contribution in [3.8, 4) is 0 Å². The van der Waals surface area contributed by atoms with E-state index in [0.717, 1.165) is 0 Å². The fourth-order valence-electron chi connectivity index (χ4n) is 1.00. The monoisotopic (exact) mass is 185 g/mol. The van der Waals surface area contributed by atoms with Gasteiger partial charge < -0.3 is 10.5 Å². The van der Waals surface area contributed by atoms with Crippen LogP contribution in [-0.2, 0) is 9.53 Å². The highest BCUT2D eigenvalue weighted by Gasteiger charge is 2.19. The molecule has 0 aromatic rings. The average Bonchev–Trinajstić information content (AvgIpc) is 2.03. The SMILES string of the molecule is COC(=O)[C@@H](/C=C/[C@H](C)N)C(C)C. The highest BCUT2D eigenvalue weighted by molar-refractivity contribution is 5.74. The molecule has 76 valence electrons. The lowest BCUT2D eigenvalue weighted by atomic mass is 9.95. The number of ether oxygens (including phenoxy) is 1. The molecule has 0 aromatic heterocycles. The Labute approximate surface area is 79.9 Å². The smallest absolute Gasteiger partial charge is 0.312 e. The van der Waals surface area contributed by atoms with Gasteiger partial charge in [0.05, 0.1) is 13.0 Å². The van der Waals surface area contributed by atoms with Gasteiger partial charge in [0.2, 0.25) is 0 Å². The quantitative estimate of drug-likeness (QED) is 0.531. The number of hydrogen-bond acceptors (Lipinski definition) is 3. The van der Waals surface area contributed by atoms with Crippen molar-refractivity contribution in [1.82, 2.24) is 0 Å². The van der Waals surface area contributed by atoms with Crippen LogP contribution in [0.15, 0.2) is 12.2 Å². The van der Waals surface area contributed by atoms with E-state index in [2.05, 4.69) is 4.74 Å². The lowest BCUT2D eigenvalue weighted by Crippen LogP contribution is -2.21. The third-order valence-corrected chi connectivity index (χ3v) is 1.81. The summed E-state index contributed by atoms with van der Waals surface area (Å²) in [6.07, 6.45) is 3.64. The minimum Gasteiger partial charge on any atom is -0.469 e. The lowest BCUT2D eigenvalue weighted by molar-refractivity contribution is -0.145. The number of carbonyl (C=O) groups excluding carboxylic acids is 1. The maximum absolute atomic E-state index is 11.3. The van der Waals surface area contributed by atoms with Crippen molar-refractivity contribution in [2.45, 2.75) is 26.8 Å². The highest BCUT2D eigenvalue weighted by atomic mass is 16.5. The Morgan fingerprint density at radius 2 is 1.85 bits per heavy atom. The Morgan fingerprint density at radius 3 is 2.15 bits per heavy atom. The van der Waals surface area contributed by atoms with Crippen LogP contribution in [0.1, 0.15) is 20.8 Å². The molecule has 0 spiro atoms. The van der Waals surface area contributed by atoms with Gasteiger partial charge in [-0.2, -0.15) is 0 Å². The zero-order valence-corrected chi connectivity index (χ0v) is 8.78. The molecule has 0 saturated carbocycles. The normalized spacial score (nSPS) is 16.2. The van der Waals surface area contributed by atoms with Gasteiger partial charge in [-0.25, -0.2) is 0 Å². The van der Waals surface area contributed by atoms with Crippen molar-refractivity contribution >= 4 is 5.97 Å². The van der Waals surface area contributed by atoms with Crippen molar-refractivity contribution < 1.29 is 9.53 Å². The molecule has 0 bridgehead atoms. The van der Waals surface area contributed by atoms with Crippen LogP contribution < -0.4 is 5.73 Å². The zero-order chi connectivity index (χ0) is 10.4. The van der Waals surface area contributed by atoms with Crippen molar-refractivity contribution in [3.05, 3.63) is 12.2 Å². The average molecular weight is 185 g/mol. The van der Waals surface area contributed by atoms with Crippen molar-refractivity contribution in [3.63, 3.8) is 0 Å². The summed E-state index contributed by atoms with van der Waals surface area (Å²) in [5.74, 6) is -0.148. The summed E-state index contributed by atoms with van der Waals surface area (Å²) in [6.45, 7) is 5.82. The molecule has 0 radical (unpaired) electrons.